The highest BCUT2D eigenvalue weighted by atomic mass is 32.2. The van der Waals surface area contributed by atoms with Gasteiger partial charge in [-0.3, -0.25) is 4.79 Å². The molecule has 0 N–H and O–H groups in total. The number of rotatable bonds is 8. The molecule has 0 atom stereocenters. The topological polar surface area (TPSA) is 26.3 Å². The number of carbonyl (C=O) groups is 1. The summed E-state index contributed by atoms with van der Waals surface area (Å²) in [6.07, 6.45) is 2.75. The average Bonchev–Trinajstić information content (AvgIpc) is 2.05. The molecule has 0 amide bonds. The molecule has 0 bridgehead atoms. The van der Waals surface area contributed by atoms with Crippen molar-refractivity contribution in [3.63, 3.8) is 0 Å². The van der Waals surface area contributed by atoms with Crippen LogP contribution in [0.2, 0.25) is 0 Å². The molecule has 0 heterocycles. The van der Waals surface area contributed by atoms with E-state index in [0.29, 0.717) is 11.5 Å². The molecule has 3 heteroatoms. The first-order valence-electron chi connectivity index (χ1n) is 4.39. The summed E-state index contributed by atoms with van der Waals surface area (Å²) in [7, 11) is 1.70. The molecule has 0 radical (unpaired) electrons. The van der Waals surface area contributed by atoms with Gasteiger partial charge in [-0.2, -0.15) is 11.8 Å². The minimum atomic E-state index is 0.375. The fourth-order valence-electron chi connectivity index (χ4n) is 0.842. The van der Waals surface area contributed by atoms with Crippen LogP contribution in [0.15, 0.2) is 0 Å². The van der Waals surface area contributed by atoms with Gasteiger partial charge in [0.1, 0.15) is 5.78 Å². The monoisotopic (exact) mass is 190 g/mol. The minimum Gasteiger partial charge on any atom is -0.385 e. The predicted molar refractivity (Wildman–Crippen MR) is 53.7 cm³/mol. The Morgan fingerprint density at radius 1 is 1.50 bits per heavy atom. The largest absolute Gasteiger partial charge is 0.385 e. The quantitative estimate of drug-likeness (QED) is 0.548. The molecule has 72 valence electrons. The number of ketones is 1. The third-order valence-electron chi connectivity index (χ3n) is 1.43. The highest BCUT2D eigenvalue weighted by Gasteiger charge is 1.99. The number of thioether (sulfide) groups is 1. The second-order valence-corrected chi connectivity index (χ2v) is 3.79. The van der Waals surface area contributed by atoms with Gasteiger partial charge in [0.05, 0.1) is 5.75 Å². The Labute approximate surface area is 79.1 Å². The molecule has 0 saturated heterocycles. The van der Waals surface area contributed by atoms with Crippen LogP contribution in [0.4, 0.5) is 0 Å². The normalized spacial score (nSPS) is 10.2. The summed E-state index contributed by atoms with van der Waals surface area (Å²) in [5, 5.41) is 0. The minimum absolute atomic E-state index is 0.375. The molecule has 0 aromatic rings. The van der Waals surface area contributed by atoms with Crippen LogP contribution in [-0.4, -0.2) is 31.0 Å². The van der Waals surface area contributed by atoms with Crippen molar-refractivity contribution in [3.8, 4) is 0 Å². The zero-order chi connectivity index (χ0) is 9.23. The Morgan fingerprint density at radius 3 is 2.83 bits per heavy atom. The average molecular weight is 190 g/mol. The van der Waals surface area contributed by atoms with E-state index in [1.807, 2.05) is 6.92 Å². The molecule has 0 aromatic carbocycles. The van der Waals surface area contributed by atoms with Gasteiger partial charge >= 0.3 is 0 Å². The van der Waals surface area contributed by atoms with Crippen molar-refractivity contribution in [1.29, 1.82) is 0 Å². The molecule has 0 aliphatic rings. The van der Waals surface area contributed by atoms with Crippen LogP contribution in [-0.2, 0) is 9.53 Å². The Balaban J connectivity index is 3.03. The van der Waals surface area contributed by atoms with E-state index >= 15 is 0 Å². The van der Waals surface area contributed by atoms with E-state index in [4.69, 9.17) is 4.74 Å². The molecule has 0 spiro atoms. The number of hydrogen-bond donors (Lipinski definition) is 0. The second kappa shape index (κ2) is 9.07. The zero-order valence-electron chi connectivity index (χ0n) is 7.97. The van der Waals surface area contributed by atoms with Crippen LogP contribution < -0.4 is 0 Å². The molecule has 0 aromatic heterocycles. The van der Waals surface area contributed by atoms with Crippen molar-refractivity contribution in [1.82, 2.24) is 0 Å². The number of ether oxygens (including phenoxy) is 1. The lowest BCUT2D eigenvalue weighted by molar-refractivity contribution is -0.116. The summed E-state index contributed by atoms with van der Waals surface area (Å²) in [5.41, 5.74) is 0. The summed E-state index contributed by atoms with van der Waals surface area (Å²) in [4.78, 5) is 11.0. The standard InChI is InChI=1S/C9H18O2S/c1-3-5-9(10)8-12-7-4-6-11-2/h3-8H2,1-2H3. The van der Waals surface area contributed by atoms with Gasteiger partial charge < -0.3 is 4.74 Å². The fourth-order valence-corrected chi connectivity index (χ4v) is 1.68. The lowest BCUT2D eigenvalue weighted by Crippen LogP contribution is -2.01. The molecule has 2 nitrogen and oxygen atoms in total. The first-order valence-corrected chi connectivity index (χ1v) is 5.55. The number of carbonyl (C=O) groups excluding carboxylic acids is 1. The maximum Gasteiger partial charge on any atom is 0.142 e. The maximum atomic E-state index is 11.0. The third-order valence-corrected chi connectivity index (χ3v) is 2.53. The molecule has 12 heavy (non-hydrogen) atoms. The molecule has 0 unspecified atom stereocenters. The van der Waals surface area contributed by atoms with Gasteiger partial charge in [-0.05, 0) is 18.6 Å². The smallest absolute Gasteiger partial charge is 0.142 e. The van der Waals surface area contributed by atoms with E-state index in [0.717, 1.165) is 31.6 Å². The first kappa shape index (κ1) is 12.0. The van der Waals surface area contributed by atoms with Crippen molar-refractivity contribution < 1.29 is 9.53 Å². The highest BCUT2D eigenvalue weighted by molar-refractivity contribution is 7.99. The lowest BCUT2D eigenvalue weighted by Gasteiger charge is -1.99. The molecular formula is C9H18O2S. The summed E-state index contributed by atoms with van der Waals surface area (Å²) in [6, 6.07) is 0. The maximum absolute atomic E-state index is 11.0. The van der Waals surface area contributed by atoms with Gasteiger partial charge in [-0.15, -0.1) is 0 Å². The number of methoxy groups -OCH3 is 1. The van der Waals surface area contributed by atoms with Crippen LogP contribution in [0, 0.1) is 0 Å². The van der Waals surface area contributed by atoms with Gasteiger partial charge in [-0.1, -0.05) is 6.92 Å². The molecule has 0 rings (SSSR count). The third kappa shape index (κ3) is 8.08. The Morgan fingerprint density at radius 2 is 2.25 bits per heavy atom. The Hall–Kier alpha value is -0.0200. The molecule has 0 aliphatic carbocycles. The van der Waals surface area contributed by atoms with Crippen LogP contribution in [0.1, 0.15) is 26.2 Å². The van der Waals surface area contributed by atoms with Crippen LogP contribution in [0.3, 0.4) is 0 Å². The van der Waals surface area contributed by atoms with Crippen molar-refractivity contribution in [2.24, 2.45) is 0 Å². The molecule has 0 saturated carbocycles. The van der Waals surface area contributed by atoms with Gasteiger partial charge in [-0.25, -0.2) is 0 Å². The number of Topliss-reactive ketones (excluding diaryl/α,β-unsaturated/α-hetero) is 1. The lowest BCUT2D eigenvalue weighted by atomic mass is 10.3. The SMILES string of the molecule is CCCC(=O)CSCCCOC. The van der Waals surface area contributed by atoms with Gasteiger partial charge in [0, 0.05) is 20.1 Å². The highest BCUT2D eigenvalue weighted by Crippen LogP contribution is 2.04. The fraction of sp³-hybridized carbons (Fsp3) is 0.889. The van der Waals surface area contributed by atoms with E-state index in [-0.39, 0.29) is 0 Å². The second-order valence-electron chi connectivity index (χ2n) is 2.69. The number of hydrogen-bond acceptors (Lipinski definition) is 3. The van der Waals surface area contributed by atoms with Gasteiger partial charge in [0.25, 0.3) is 0 Å². The van der Waals surface area contributed by atoms with Crippen molar-refractivity contribution in [2.45, 2.75) is 26.2 Å². The van der Waals surface area contributed by atoms with Gasteiger partial charge in [0.2, 0.25) is 0 Å². The molecule has 0 aliphatic heterocycles. The Kier molecular flexibility index (Phi) is 9.06. The zero-order valence-corrected chi connectivity index (χ0v) is 8.78. The van der Waals surface area contributed by atoms with E-state index < -0.39 is 0 Å². The van der Waals surface area contributed by atoms with Crippen molar-refractivity contribution in [3.05, 3.63) is 0 Å². The first-order chi connectivity index (χ1) is 5.81. The molecular weight excluding hydrogens is 172 g/mol. The summed E-state index contributed by atoms with van der Waals surface area (Å²) < 4.78 is 4.90. The van der Waals surface area contributed by atoms with Crippen LogP contribution in [0.25, 0.3) is 0 Å². The predicted octanol–water partition coefficient (Wildman–Crippen LogP) is 2.13. The van der Waals surface area contributed by atoms with Crippen molar-refractivity contribution >= 4 is 17.5 Å². The summed E-state index contributed by atoms with van der Waals surface area (Å²) in [6.45, 7) is 2.84. The summed E-state index contributed by atoms with van der Waals surface area (Å²) >= 11 is 1.71. The van der Waals surface area contributed by atoms with Gasteiger partial charge in [0.15, 0.2) is 0 Å². The Bertz CT molecular complexity index is 115. The van der Waals surface area contributed by atoms with E-state index in [1.54, 1.807) is 18.9 Å². The van der Waals surface area contributed by atoms with Crippen molar-refractivity contribution in [2.75, 3.05) is 25.2 Å². The molecule has 0 fully saturated rings. The van der Waals surface area contributed by atoms with E-state index in [2.05, 4.69) is 0 Å². The van der Waals surface area contributed by atoms with Crippen LogP contribution >= 0.6 is 11.8 Å². The summed E-state index contributed by atoms with van der Waals surface area (Å²) in [5.74, 6) is 2.08. The van der Waals surface area contributed by atoms with E-state index in [9.17, 15) is 4.79 Å². The van der Waals surface area contributed by atoms with E-state index in [1.165, 1.54) is 0 Å². The van der Waals surface area contributed by atoms with Crippen LogP contribution in [0.5, 0.6) is 0 Å².